The summed E-state index contributed by atoms with van der Waals surface area (Å²) < 4.78 is 0.900. The van der Waals surface area contributed by atoms with Crippen molar-refractivity contribution in [2.45, 2.75) is 13.5 Å². The van der Waals surface area contributed by atoms with Gasteiger partial charge in [-0.2, -0.15) is 0 Å². The maximum atomic E-state index is 12.2. The number of halogens is 1. The Bertz CT molecular complexity index is 669. The van der Waals surface area contributed by atoms with Gasteiger partial charge < -0.3 is 10.6 Å². The van der Waals surface area contributed by atoms with Crippen LogP contribution in [0.4, 0.5) is 5.69 Å². The van der Waals surface area contributed by atoms with E-state index >= 15 is 0 Å². The number of carbonyl (C=O) groups is 1. The zero-order valence-corrected chi connectivity index (χ0v) is 11.5. The first kappa shape index (κ1) is 11.5. The number of pyridine rings is 1. The number of nitrogen functional groups attached to an aromatic ring is 1. The lowest BCUT2D eigenvalue weighted by Crippen LogP contribution is -2.23. The van der Waals surface area contributed by atoms with E-state index in [0.717, 1.165) is 21.1 Å². The molecule has 0 atom stereocenters. The van der Waals surface area contributed by atoms with E-state index in [4.69, 9.17) is 5.73 Å². The number of carbonyl (C=O) groups excluding carboxylic acids is 1. The average molecular weight is 306 g/mol. The van der Waals surface area contributed by atoms with Crippen molar-refractivity contribution in [1.82, 2.24) is 9.88 Å². The predicted octanol–water partition coefficient (Wildman–Crippen LogP) is 2.56. The standard InChI is InChI=1S/C13H12BrN3O/c1-2-17-6-9-10(13(17)18)11(15)7-4-3-5-8(14)12(7)16-9/h3-5H,2,6H2,1H3,(H2,15,16). The van der Waals surface area contributed by atoms with Crippen molar-refractivity contribution in [3.63, 3.8) is 0 Å². The Labute approximate surface area is 113 Å². The molecule has 5 heteroatoms. The van der Waals surface area contributed by atoms with Crippen LogP contribution >= 0.6 is 15.9 Å². The van der Waals surface area contributed by atoms with E-state index in [-0.39, 0.29) is 5.91 Å². The Morgan fingerprint density at radius 3 is 3.00 bits per heavy atom. The summed E-state index contributed by atoms with van der Waals surface area (Å²) in [6, 6.07) is 5.72. The summed E-state index contributed by atoms with van der Waals surface area (Å²) in [5.74, 6) is -0.0145. The van der Waals surface area contributed by atoms with Crippen LogP contribution in [-0.4, -0.2) is 22.3 Å². The van der Waals surface area contributed by atoms with E-state index in [0.29, 0.717) is 24.3 Å². The normalized spacial score (nSPS) is 14.3. The predicted molar refractivity (Wildman–Crippen MR) is 74.3 cm³/mol. The smallest absolute Gasteiger partial charge is 0.258 e. The summed E-state index contributed by atoms with van der Waals surface area (Å²) in [6.45, 7) is 3.17. The fourth-order valence-corrected chi connectivity index (χ4v) is 2.80. The first-order chi connectivity index (χ1) is 8.63. The Hall–Kier alpha value is -1.62. The molecule has 0 saturated carbocycles. The molecule has 0 aliphatic carbocycles. The first-order valence-corrected chi connectivity index (χ1v) is 6.58. The van der Waals surface area contributed by atoms with Gasteiger partial charge in [0.25, 0.3) is 5.91 Å². The van der Waals surface area contributed by atoms with E-state index in [9.17, 15) is 4.79 Å². The molecule has 0 spiro atoms. The molecule has 92 valence electrons. The largest absolute Gasteiger partial charge is 0.397 e. The molecular weight excluding hydrogens is 294 g/mol. The molecule has 1 aliphatic heterocycles. The van der Waals surface area contributed by atoms with Crippen molar-refractivity contribution in [3.05, 3.63) is 33.9 Å². The number of hydrogen-bond donors (Lipinski definition) is 1. The van der Waals surface area contributed by atoms with Crippen molar-refractivity contribution >= 4 is 38.4 Å². The summed E-state index contributed by atoms with van der Waals surface area (Å²) >= 11 is 3.47. The third-order valence-corrected chi connectivity index (χ3v) is 3.94. The van der Waals surface area contributed by atoms with Crippen LogP contribution in [0.5, 0.6) is 0 Å². The lowest BCUT2D eigenvalue weighted by atomic mass is 10.1. The molecule has 2 aromatic rings. The van der Waals surface area contributed by atoms with Gasteiger partial charge in [0.15, 0.2) is 0 Å². The van der Waals surface area contributed by atoms with Crippen LogP contribution in [0.1, 0.15) is 23.0 Å². The molecule has 0 unspecified atom stereocenters. The van der Waals surface area contributed by atoms with Gasteiger partial charge in [-0.25, -0.2) is 4.98 Å². The molecule has 2 heterocycles. The highest BCUT2D eigenvalue weighted by Crippen LogP contribution is 2.34. The Morgan fingerprint density at radius 1 is 1.50 bits per heavy atom. The SMILES string of the molecule is CCN1Cc2nc3c(Br)cccc3c(N)c2C1=O. The molecule has 0 radical (unpaired) electrons. The van der Waals surface area contributed by atoms with Gasteiger partial charge in [-0.3, -0.25) is 4.79 Å². The van der Waals surface area contributed by atoms with Crippen LogP contribution < -0.4 is 5.73 Å². The molecule has 1 aromatic carbocycles. The van der Waals surface area contributed by atoms with E-state index in [1.54, 1.807) is 4.90 Å². The van der Waals surface area contributed by atoms with Crippen LogP contribution in [0, 0.1) is 0 Å². The topological polar surface area (TPSA) is 59.2 Å². The van der Waals surface area contributed by atoms with Gasteiger partial charge in [0.2, 0.25) is 0 Å². The van der Waals surface area contributed by atoms with Crippen molar-refractivity contribution in [3.8, 4) is 0 Å². The molecule has 3 rings (SSSR count). The highest BCUT2D eigenvalue weighted by Gasteiger charge is 2.31. The zero-order valence-electron chi connectivity index (χ0n) is 9.90. The second-order valence-electron chi connectivity index (χ2n) is 4.30. The van der Waals surface area contributed by atoms with E-state index in [2.05, 4.69) is 20.9 Å². The number of aromatic nitrogens is 1. The minimum atomic E-state index is -0.0145. The molecule has 1 amide bonds. The van der Waals surface area contributed by atoms with Crippen molar-refractivity contribution in [2.24, 2.45) is 0 Å². The minimum absolute atomic E-state index is 0.0145. The van der Waals surface area contributed by atoms with Crippen LogP contribution in [0.2, 0.25) is 0 Å². The number of hydrogen-bond acceptors (Lipinski definition) is 3. The Balaban J connectivity index is 2.34. The maximum absolute atomic E-state index is 12.2. The number of anilines is 1. The molecule has 0 saturated heterocycles. The lowest BCUT2D eigenvalue weighted by Gasteiger charge is -2.10. The number of nitrogens with zero attached hydrogens (tertiary/aromatic N) is 2. The van der Waals surface area contributed by atoms with Crippen molar-refractivity contribution in [2.75, 3.05) is 12.3 Å². The highest BCUT2D eigenvalue weighted by molar-refractivity contribution is 9.10. The van der Waals surface area contributed by atoms with Gasteiger partial charge in [0.05, 0.1) is 29.0 Å². The summed E-state index contributed by atoms with van der Waals surface area (Å²) in [5, 5.41) is 0.828. The highest BCUT2D eigenvalue weighted by atomic mass is 79.9. The summed E-state index contributed by atoms with van der Waals surface area (Å²) in [5.41, 5.74) is 8.84. The van der Waals surface area contributed by atoms with Gasteiger partial charge in [-0.1, -0.05) is 12.1 Å². The van der Waals surface area contributed by atoms with Crippen LogP contribution in [0.15, 0.2) is 22.7 Å². The number of fused-ring (bicyclic) bond motifs is 2. The lowest BCUT2D eigenvalue weighted by molar-refractivity contribution is 0.0787. The number of benzene rings is 1. The molecule has 0 fully saturated rings. The third-order valence-electron chi connectivity index (χ3n) is 3.31. The van der Waals surface area contributed by atoms with Gasteiger partial charge in [0.1, 0.15) is 0 Å². The number of nitrogens with two attached hydrogens (primary N) is 1. The second-order valence-corrected chi connectivity index (χ2v) is 5.16. The Kier molecular flexibility index (Phi) is 2.52. The van der Waals surface area contributed by atoms with E-state index in [1.807, 2.05) is 25.1 Å². The van der Waals surface area contributed by atoms with Crippen LogP contribution in [-0.2, 0) is 6.54 Å². The van der Waals surface area contributed by atoms with Crippen LogP contribution in [0.25, 0.3) is 10.9 Å². The summed E-state index contributed by atoms with van der Waals surface area (Å²) in [4.78, 5) is 18.5. The van der Waals surface area contributed by atoms with E-state index < -0.39 is 0 Å². The zero-order chi connectivity index (χ0) is 12.9. The van der Waals surface area contributed by atoms with Crippen molar-refractivity contribution in [1.29, 1.82) is 0 Å². The monoisotopic (exact) mass is 305 g/mol. The van der Waals surface area contributed by atoms with Crippen molar-refractivity contribution < 1.29 is 4.79 Å². The summed E-state index contributed by atoms with van der Waals surface area (Å²) in [6.07, 6.45) is 0. The van der Waals surface area contributed by atoms with Gasteiger partial charge >= 0.3 is 0 Å². The third kappa shape index (κ3) is 1.43. The first-order valence-electron chi connectivity index (χ1n) is 5.79. The second kappa shape index (κ2) is 3.95. The minimum Gasteiger partial charge on any atom is -0.397 e. The number of para-hydroxylation sites is 1. The quantitative estimate of drug-likeness (QED) is 0.881. The molecule has 1 aliphatic rings. The molecular formula is C13H12BrN3O. The van der Waals surface area contributed by atoms with Gasteiger partial charge in [-0.05, 0) is 28.9 Å². The fraction of sp³-hybridized carbons (Fsp3) is 0.231. The maximum Gasteiger partial charge on any atom is 0.258 e. The average Bonchev–Trinajstić information content (AvgIpc) is 2.68. The molecule has 18 heavy (non-hydrogen) atoms. The van der Waals surface area contributed by atoms with E-state index in [1.165, 1.54) is 0 Å². The summed E-state index contributed by atoms with van der Waals surface area (Å²) in [7, 11) is 0. The Morgan fingerprint density at radius 2 is 2.28 bits per heavy atom. The number of rotatable bonds is 1. The fourth-order valence-electron chi connectivity index (χ4n) is 2.35. The number of amides is 1. The van der Waals surface area contributed by atoms with Crippen LogP contribution in [0.3, 0.4) is 0 Å². The molecule has 0 bridgehead atoms. The molecule has 4 nitrogen and oxygen atoms in total. The molecule has 2 N–H and O–H groups in total. The molecule has 1 aromatic heterocycles. The van der Waals surface area contributed by atoms with Gasteiger partial charge in [0, 0.05) is 16.4 Å². The van der Waals surface area contributed by atoms with Gasteiger partial charge in [-0.15, -0.1) is 0 Å².